The number of carbonyl (C=O) groups excluding carboxylic acids is 1. The molecule has 0 fully saturated rings. The summed E-state index contributed by atoms with van der Waals surface area (Å²) in [4.78, 5) is 12.6. The minimum Gasteiger partial charge on any atom is -0.306 e. The van der Waals surface area contributed by atoms with Crippen molar-refractivity contribution in [3.8, 4) is 5.69 Å². The SMILES string of the molecule is Cc1ccc(-n2nc3c(c2NC(=O)c2c(F)cccc2F)CS(=O)C3)c(C)c1. The Labute approximate surface area is 162 Å². The summed E-state index contributed by atoms with van der Waals surface area (Å²) >= 11 is 0. The topological polar surface area (TPSA) is 64.0 Å². The molecule has 1 aromatic heterocycles. The molecule has 1 atom stereocenters. The van der Waals surface area contributed by atoms with E-state index in [4.69, 9.17) is 0 Å². The van der Waals surface area contributed by atoms with E-state index in [1.54, 1.807) is 4.68 Å². The van der Waals surface area contributed by atoms with Crippen molar-refractivity contribution in [2.24, 2.45) is 0 Å². The number of rotatable bonds is 3. The number of hydrogen-bond acceptors (Lipinski definition) is 3. The van der Waals surface area contributed by atoms with Crippen molar-refractivity contribution < 1.29 is 17.8 Å². The summed E-state index contributed by atoms with van der Waals surface area (Å²) in [5.41, 5.74) is 3.31. The third-order valence-corrected chi connectivity index (χ3v) is 5.88. The van der Waals surface area contributed by atoms with Crippen LogP contribution in [-0.4, -0.2) is 19.9 Å². The number of anilines is 1. The van der Waals surface area contributed by atoms with Crippen LogP contribution in [0.2, 0.25) is 0 Å². The van der Waals surface area contributed by atoms with E-state index < -0.39 is 33.9 Å². The highest BCUT2D eigenvalue weighted by atomic mass is 32.2. The van der Waals surface area contributed by atoms with Crippen molar-refractivity contribution in [2.75, 3.05) is 5.32 Å². The monoisotopic (exact) mass is 401 g/mol. The van der Waals surface area contributed by atoms with Crippen molar-refractivity contribution >= 4 is 22.5 Å². The van der Waals surface area contributed by atoms with Crippen molar-refractivity contribution in [1.82, 2.24) is 9.78 Å². The van der Waals surface area contributed by atoms with Gasteiger partial charge in [0.25, 0.3) is 5.91 Å². The van der Waals surface area contributed by atoms with Crippen LogP contribution < -0.4 is 5.32 Å². The van der Waals surface area contributed by atoms with Gasteiger partial charge in [0.1, 0.15) is 23.0 Å². The van der Waals surface area contributed by atoms with E-state index in [0.717, 1.165) is 28.9 Å². The van der Waals surface area contributed by atoms with Gasteiger partial charge in [0.15, 0.2) is 0 Å². The zero-order chi connectivity index (χ0) is 20.0. The van der Waals surface area contributed by atoms with Crippen molar-refractivity contribution in [3.63, 3.8) is 0 Å². The first kappa shape index (κ1) is 18.5. The summed E-state index contributed by atoms with van der Waals surface area (Å²) in [5, 5.41) is 7.11. The van der Waals surface area contributed by atoms with Gasteiger partial charge in [-0.3, -0.25) is 9.00 Å². The van der Waals surface area contributed by atoms with Gasteiger partial charge in [-0.1, -0.05) is 23.8 Å². The number of nitrogens with zero attached hydrogens (tertiary/aromatic N) is 2. The molecule has 0 saturated heterocycles. The highest BCUT2D eigenvalue weighted by molar-refractivity contribution is 7.83. The standard InChI is InChI=1S/C20H17F2N3O2S/c1-11-6-7-17(12(2)8-11)25-19(13-9-28(27)10-16(13)24-25)23-20(26)18-14(21)4-3-5-15(18)22/h3-8H,9-10H2,1-2H3,(H,23,26). The highest BCUT2D eigenvalue weighted by Crippen LogP contribution is 2.33. The molecule has 5 nitrogen and oxygen atoms in total. The first-order chi connectivity index (χ1) is 13.3. The Morgan fingerprint density at radius 3 is 2.54 bits per heavy atom. The molecule has 0 spiro atoms. The molecule has 0 aliphatic carbocycles. The Hall–Kier alpha value is -2.87. The van der Waals surface area contributed by atoms with Crippen molar-refractivity contribution in [2.45, 2.75) is 25.4 Å². The number of carbonyl (C=O) groups is 1. The Kier molecular flexibility index (Phi) is 4.58. The second-order valence-corrected chi connectivity index (χ2v) is 8.21. The van der Waals surface area contributed by atoms with Gasteiger partial charge >= 0.3 is 0 Å². The molecule has 1 aliphatic heterocycles. The molecular formula is C20H17F2N3O2S. The third kappa shape index (κ3) is 3.13. The first-order valence-electron chi connectivity index (χ1n) is 8.64. The van der Waals surface area contributed by atoms with E-state index >= 15 is 0 Å². The number of nitrogens with one attached hydrogen (secondary N) is 1. The van der Waals surface area contributed by atoms with Crippen LogP contribution in [0.4, 0.5) is 14.6 Å². The molecule has 1 N–H and O–H groups in total. The molecule has 2 heterocycles. The predicted molar refractivity (Wildman–Crippen MR) is 103 cm³/mol. The van der Waals surface area contributed by atoms with Gasteiger partial charge in [0.05, 0.1) is 22.9 Å². The molecule has 1 amide bonds. The fraction of sp³-hybridized carbons (Fsp3) is 0.200. The van der Waals surface area contributed by atoms with Gasteiger partial charge in [-0.15, -0.1) is 0 Å². The maximum absolute atomic E-state index is 14.0. The lowest BCUT2D eigenvalue weighted by Crippen LogP contribution is -2.19. The lowest BCUT2D eigenvalue weighted by molar-refractivity contribution is 0.101. The average molecular weight is 401 g/mol. The molecule has 0 bridgehead atoms. The maximum atomic E-state index is 14.0. The second kappa shape index (κ2) is 6.94. The number of aromatic nitrogens is 2. The zero-order valence-corrected chi connectivity index (χ0v) is 16.1. The van der Waals surface area contributed by atoms with Crippen LogP contribution in [0.5, 0.6) is 0 Å². The van der Waals surface area contributed by atoms with E-state index in [9.17, 15) is 17.8 Å². The molecule has 1 aliphatic rings. The van der Waals surface area contributed by atoms with E-state index in [1.807, 2.05) is 32.0 Å². The summed E-state index contributed by atoms with van der Waals surface area (Å²) in [5.74, 6) is -2.01. The lowest BCUT2D eigenvalue weighted by atomic mass is 10.1. The number of halogens is 2. The van der Waals surface area contributed by atoms with E-state index in [2.05, 4.69) is 10.4 Å². The molecule has 4 rings (SSSR count). The molecule has 0 radical (unpaired) electrons. The number of aryl methyl sites for hydroxylation is 2. The molecule has 28 heavy (non-hydrogen) atoms. The molecular weight excluding hydrogens is 384 g/mol. The summed E-state index contributed by atoms with van der Waals surface area (Å²) in [6, 6.07) is 9.00. The van der Waals surface area contributed by atoms with Gasteiger partial charge in [0.2, 0.25) is 0 Å². The van der Waals surface area contributed by atoms with E-state index in [-0.39, 0.29) is 11.5 Å². The van der Waals surface area contributed by atoms with Crippen LogP contribution in [0.15, 0.2) is 36.4 Å². The Morgan fingerprint density at radius 1 is 1.14 bits per heavy atom. The fourth-order valence-electron chi connectivity index (χ4n) is 3.36. The first-order valence-corrected chi connectivity index (χ1v) is 10.1. The van der Waals surface area contributed by atoms with Crippen LogP contribution in [0, 0.1) is 25.5 Å². The quantitative estimate of drug-likeness (QED) is 0.726. The van der Waals surface area contributed by atoms with Crippen LogP contribution in [-0.2, 0) is 22.3 Å². The highest BCUT2D eigenvalue weighted by Gasteiger charge is 2.30. The number of hydrogen-bond donors (Lipinski definition) is 1. The van der Waals surface area contributed by atoms with E-state index in [1.165, 1.54) is 6.07 Å². The van der Waals surface area contributed by atoms with E-state index in [0.29, 0.717) is 17.1 Å². The largest absolute Gasteiger partial charge is 0.306 e. The lowest BCUT2D eigenvalue weighted by Gasteiger charge is -2.14. The molecule has 8 heteroatoms. The minimum absolute atomic E-state index is 0.232. The van der Waals surface area contributed by atoms with Crippen molar-refractivity contribution in [1.29, 1.82) is 0 Å². The number of amides is 1. The number of benzene rings is 2. The summed E-state index contributed by atoms with van der Waals surface area (Å²) < 4.78 is 41.6. The molecule has 144 valence electrons. The average Bonchev–Trinajstić information content (AvgIpc) is 3.12. The van der Waals surface area contributed by atoms with Gasteiger partial charge < -0.3 is 5.32 Å². The normalized spacial score (nSPS) is 15.5. The molecule has 0 saturated carbocycles. The summed E-state index contributed by atoms with van der Waals surface area (Å²) in [6.45, 7) is 3.88. The van der Waals surface area contributed by atoms with Crippen LogP contribution in [0.25, 0.3) is 5.69 Å². The molecule has 2 aromatic carbocycles. The fourth-order valence-corrected chi connectivity index (χ4v) is 4.62. The minimum atomic E-state index is -1.12. The van der Waals surface area contributed by atoms with Crippen LogP contribution in [0.1, 0.15) is 32.7 Å². The Bertz CT molecular complexity index is 1120. The van der Waals surface area contributed by atoms with Crippen molar-refractivity contribution in [3.05, 3.63) is 76.0 Å². The van der Waals surface area contributed by atoms with Crippen LogP contribution in [0.3, 0.4) is 0 Å². The second-order valence-electron chi connectivity index (χ2n) is 6.75. The smallest absolute Gasteiger partial charge is 0.262 e. The zero-order valence-electron chi connectivity index (χ0n) is 15.3. The number of fused-ring (bicyclic) bond motifs is 1. The van der Waals surface area contributed by atoms with Gasteiger partial charge in [-0.05, 0) is 37.6 Å². The summed E-state index contributed by atoms with van der Waals surface area (Å²) in [6.07, 6.45) is 0. The maximum Gasteiger partial charge on any atom is 0.262 e. The summed E-state index contributed by atoms with van der Waals surface area (Å²) in [7, 11) is -1.12. The molecule has 1 unspecified atom stereocenters. The van der Waals surface area contributed by atoms with Gasteiger partial charge in [0, 0.05) is 16.4 Å². The van der Waals surface area contributed by atoms with Gasteiger partial charge in [-0.2, -0.15) is 5.10 Å². The van der Waals surface area contributed by atoms with Crippen LogP contribution >= 0.6 is 0 Å². The predicted octanol–water partition coefficient (Wildman–Crippen LogP) is 3.78. The molecule has 3 aromatic rings. The third-order valence-electron chi connectivity index (χ3n) is 4.67. The Balaban J connectivity index is 1.82. The Morgan fingerprint density at radius 2 is 1.86 bits per heavy atom. The van der Waals surface area contributed by atoms with Gasteiger partial charge in [-0.25, -0.2) is 13.5 Å².